The molecule has 0 aromatic carbocycles. The molecule has 0 aromatic rings. The van der Waals surface area contributed by atoms with Gasteiger partial charge in [-0.1, -0.05) is 0 Å². The number of hydrogen-bond acceptors (Lipinski definition) is 2. The molecule has 6 heteroatoms. The van der Waals surface area contributed by atoms with Crippen LogP contribution in [0.5, 0.6) is 0 Å². The van der Waals surface area contributed by atoms with E-state index >= 15 is 0 Å². The highest BCUT2D eigenvalue weighted by atomic mass is 19.4. The van der Waals surface area contributed by atoms with Crippen molar-refractivity contribution in [1.29, 1.82) is 0 Å². The van der Waals surface area contributed by atoms with Crippen molar-refractivity contribution in [2.24, 2.45) is 10.8 Å². The molecule has 3 nitrogen and oxygen atoms in total. The fourth-order valence-electron chi connectivity index (χ4n) is 3.11. The van der Waals surface area contributed by atoms with E-state index < -0.39 is 11.6 Å². The summed E-state index contributed by atoms with van der Waals surface area (Å²) in [5.74, 6) is 0. The fraction of sp³-hybridized carbons (Fsp3) is 0.917. The molecule has 1 heterocycles. The molecule has 0 atom stereocenters. The third-order valence-corrected chi connectivity index (χ3v) is 4.60. The van der Waals surface area contributed by atoms with Crippen LogP contribution in [0.1, 0.15) is 25.7 Å². The summed E-state index contributed by atoms with van der Waals surface area (Å²) in [5.41, 5.74) is -1.40. The Morgan fingerprint density at radius 2 is 1.89 bits per heavy atom. The molecule has 3 rings (SSSR count). The van der Waals surface area contributed by atoms with E-state index in [1.54, 1.807) is 4.90 Å². The minimum atomic E-state index is -4.13. The summed E-state index contributed by atoms with van der Waals surface area (Å²) in [6, 6.07) is 0. The number of alkyl halides is 3. The van der Waals surface area contributed by atoms with Crippen LogP contribution in [0.25, 0.3) is 0 Å². The molecule has 1 spiro atoms. The molecule has 1 aliphatic heterocycles. The first-order valence-electron chi connectivity index (χ1n) is 6.26. The van der Waals surface area contributed by atoms with Crippen molar-refractivity contribution in [3.8, 4) is 0 Å². The van der Waals surface area contributed by atoms with Crippen LogP contribution in [0.15, 0.2) is 0 Å². The summed E-state index contributed by atoms with van der Waals surface area (Å²) in [4.78, 5) is 12.1. The molecular formula is C12H16F3NO2. The molecule has 0 N–H and O–H groups in total. The summed E-state index contributed by atoms with van der Waals surface area (Å²) in [6.45, 7) is 1.29. The Morgan fingerprint density at radius 3 is 2.33 bits per heavy atom. The van der Waals surface area contributed by atoms with Gasteiger partial charge in [0.1, 0.15) is 0 Å². The Morgan fingerprint density at radius 1 is 1.28 bits per heavy atom. The third kappa shape index (κ3) is 1.81. The van der Waals surface area contributed by atoms with Gasteiger partial charge in [-0.25, -0.2) is 0 Å². The molecule has 0 aromatic heterocycles. The number of carbonyl (C=O) groups is 1. The lowest BCUT2D eigenvalue weighted by Crippen LogP contribution is -2.63. The van der Waals surface area contributed by atoms with Crippen molar-refractivity contribution >= 4 is 6.41 Å². The number of rotatable bonds is 4. The Hall–Kier alpha value is -0.780. The second-order valence-electron chi connectivity index (χ2n) is 6.13. The van der Waals surface area contributed by atoms with Gasteiger partial charge in [0, 0.05) is 18.5 Å². The van der Waals surface area contributed by atoms with E-state index in [1.165, 1.54) is 0 Å². The van der Waals surface area contributed by atoms with E-state index in [0.717, 1.165) is 32.3 Å². The fourth-order valence-corrected chi connectivity index (χ4v) is 3.11. The molecule has 0 radical (unpaired) electrons. The van der Waals surface area contributed by atoms with Gasteiger partial charge >= 0.3 is 6.18 Å². The number of hydrogen-bond donors (Lipinski definition) is 0. The molecule has 102 valence electrons. The summed E-state index contributed by atoms with van der Waals surface area (Å²) in [7, 11) is 0. The van der Waals surface area contributed by atoms with Crippen molar-refractivity contribution in [1.82, 2.24) is 4.90 Å². The van der Waals surface area contributed by atoms with Gasteiger partial charge in [-0.2, -0.15) is 13.2 Å². The highest BCUT2D eigenvalue weighted by molar-refractivity contribution is 5.49. The molecular weight excluding hydrogens is 247 g/mol. The third-order valence-electron chi connectivity index (χ3n) is 4.60. The van der Waals surface area contributed by atoms with Gasteiger partial charge in [-0.05, 0) is 25.7 Å². The SMILES string of the molecule is O=CN1CC2(CC(OCC3(C(F)(F)F)CC3)C2)C1. The first kappa shape index (κ1) is 12.3. The number of halogens is 3. The van der Waals surface area contributed by atoms with Crippen LogP contribution in [0.2, 0.25) is 0 Å². The van der Waals surface area contributed by atoms with Crippen LogP contribution < -0.4 is 0 Å². The molecule has 3 aliphatic rings. The number of nitrogens with zero attached hydrogens (tertiary/aromatic N) is 1. The molecule has 2 aliphatic carbocycles. The monoisotopic (exact) mass is 263 g/mol. The van der Waals surface area contributed by atoms with Crippen LogP contribution >= 0.6 is 0 Å². The number of carbonyl (C=O) groups excluding carboxylic acids is 1. The minimum absolute atomic E-state index is 0.0429. The maximum atomic E-state index is 12.7. The molecule has 1 saturated heterocycles. The predicted octanol–water partition coefficient (Wildman–Crippen LogP) is 1.97. The first-order chi connectivity index (χ1) is 8.38. The maximum absolute atomic E-state index is 12.7. The van der Waals surface area contributed by atoms with Crippen molar-refractivity contribution < 1.29 is 22.7 Å². The molecule has 1 amide bonds. The van der Waals surface area contributed by atoms with Gasteiger partial charge in [-0.3, -0.25) is 4.79 Å². The quantitative estimate of drug-likeness (QED) is 0.726. The molecule has 0 unspecified atom stereocenters. The van der Waals surface area contributed by atoms with Crippen molar-refractivity contribution in [2.45, 2.75) is 38.0 Å². The minimum Gasteiger partial charge on any atom is -0.377 e. The topological polar surface area (TPSA) is 29.5 Å². The van der Waals surface area contributed by atoms with Gasteiger partial charge in [0.05, 0.1) is 18.1 Å². The molecule has 2 saturated carbocycles. The predicted molar refractivity (Wildman–Crippen MR) is 56.8 cm³/mol. The number of amides is 1. The van der Waals surface area contributed by atoms with Gasteiger partial charge < -0.3 is 9.64 Å². The average Bonchev–Trinajstić information content (AvgIpc) is 2.93. The van der Waals surface area contributed by atoms with Crippen LogP contribution in [0.3, 0.4) is 0 Å². The molecule has 3 fully saturated rings. The normalized spacial score (nSPS) is 28.7. The van der Waals surface area contributed by atoms with Crippen molar-refractivity contribution in [3.05, 3.63) is 0 Å². The van der Waals surface area contributed by atoms with E-state index in [4.69, 9.17) is 4.74 Å². The maximum Gasteiger partial charge on any atom is 0.396 e. The summed E-state index contributed by atoms with van der Waals surface area (Å²) >= 11 is 0. The Bertz CT molecular complexity index is 351. The van der Waals surface area contributed by atoms with E-state index in [2.05, 4.69) is 0 Å². The zero-order chi connectivity index (χ0) is 13.0. The van der Waals surface area contributed by atoms with E-state index in [1.807, 2.05) is 0 Å². The summed E-state index contributed by atoms with van der Waals surface area (Å²) in [5, 5.41) is 0. The van der Waals surface area contributed by atoms with E-state index in [9.17, 15) is 18.0 Å². The van der Waals surface area contributed by atoms with Gasteiger partial charge in [0.15, 0.2) is 0 Å². The number of likely N-dealkylation sites (tertiary alicyclic amines) is 1. The lowest BCUT2D eigenvalue weighted by atomic mass is 9.62. The Kier molecular flexibility index (Phi) is 2.47. The van der Waals surface area contributed by atoms with Crippen LogP contribution in [-0.4, -0.2) is 43.3 Å². The summed E-state index contributed by atoms with van der Waals surface area (Å²) < 4.78 is 43.4. The smallest absolute Gasteiger partial charge is 0.377 e. The lowest BCUT2D eigenvalue weighted by Gasteiger charge is -2.57. The second-order valence-corrected chi connectivity index (χ2v) is 6.13. The molecule has 0 bridgehead atoms. The van der Waals surface area contributed by atoms with Crippen LogP contribution in [0.4, 0.5) is 13.2 Å². The van der Waals surface area contributed by atoms with Gasteiger partial charge in [0.25, 0.3) is 0 Å². The highest BCUT2D eigenvalue weighted by Gasteiger charge is 2.64. The first-order valence-corrected chi connectivity index (χ1v) is 6.26. The Balaban J connectivity index is 1.41. The van der Waals surface area contributed by atoms with Crippen LogP contribution in [0, 0.1) is 10.8 Å². The number of ether oxygens (including phenoxy) is 1. The summed E-state index contributed by atoms with van der Waals surface area (Å²) in [6.07, 6.45) is -1.35. The van der Waals surface area contributed by atoms with Crippen molar-refractivity contribution in [2.75, 3.05) is 19.7 Å². The highest BCUT2D eigenvalue weighted by Crippen LogP contribution is 2.58. The zero-order valence-corrected chi connectivity index (χ0v) is 10.0. The standard InChI is InChI=1S/C12H16F3NO2/c13-12(14,15)11(1-2-11)7-18-9-3-10(4-9)5-16(6-10)8-17/h8-9H,1-7H2. The molecule has 18 heavy (non-hydrogen) atoms. The largest absolute Gasteiger partial charge is 0.396 e. The van der Waals surface area contributed by atoms with Gasteiger partial charge in [0.2, 0.25) is 6.41 Å². The Labute approximate surface area is 103 Å². The average molecular weight is 263 g/mol. The van der Waals surface area contributed by atoms with Crippen LogP contribution in [-0.2, 0) is 9.53 Å². The second kappa shape index (κ2) is 3.62. The van der Waals surface area contributed by atoms with E-state index in [-0.39, 0.29) is 31.0 Å². The van der Waals surface area contributed by atoms with Gasteiger partial charge in [-0.15, -0.1) is 0 Å². The van der Waals surface area contributed by atoms with Crippen molar-refractivity contribution in [3.63, 3.8) is 0 Å². The lowest BCUT2D eigenvalue weighted by molar-refractivity contribution is -0.220. The zero-order valence-electron chi connectivity index (χ0n) is 10.0. The van der Waals surface area contributed by atoms with E-state index in [0.29, 0.717) is 0 Å².